The normalized spacial score (nSPS) is 19.8. The molecule has 3 N–H and O–H groups in total. The van der Waals surface area contributed by atoms with Gasteiger partial charge in [-0.05, 0) is 31.9 Å². The summed E-state index contributed by atoms with van der Waals surface area (Å²) in [5, 5.41) is 21.5. The van der Waals surface area contributed by atoms with E-state index in [4.69, 9.17) is 5.11 Å². The van der Waals surface area contributed by atoms with Gasteiger partial charge in [0, 0.05) is 26.3 Å². The molecule has 124 valence electrons. The largest absolute Gasteiger partial charge is 0.465 e. The van der Waals surface area contributed by atoms with E-state index < -0.39 is 12.1 Å². The molecule has 1 aliphatic rings. The van der Waals surface area contributed by atoms with E-state index in [-0.39, 0.29) is 6.10 Å². The number of anilines is 1. The van der Waals surface area contributed by atoms with Gasteiger partial charge in [0.05, 0.1) is 34.6 Å². The first-order valence-corrected chi connectivity index (χ1v) is 7.84. The molecule has 1 fully saturated rings. The van der Waals surface area contributed by atoms with Gasteiger partial charge in [0.25, 0.3) is 0 Å². The molecule has 7 heteroatoms. The lowest BCUT2D eigenvalue weighted by Crippen LogP contribution is -2.39. The number of hydrogen-bond acceptors (Lipinski definition) is 4. The zero-order valence-corrected chi connectivity index (χ0v) is 13.4. The number of aliphatic hydroxyl groups is 1. The Hall–Kier alpha value is -2.28. The number of aromatic nitrogens is 2. The minimum absolute atomic E-state index is 0.358. The SMILES string of the molecule is C[C@H](NC(=O)O)c1nc2ccn(C)c2cc1N1CCCC(O)C1. The second-order valence-electron chi connectivity index (χ2n) is 6.14. The zero-order valence-electron chi connectivity index (χ0n) is 13.4. The number of rotatable bonds is 3. The van der Waals surface area contributed by atoms with Crippen molar-refractivity contribution in [3.63, 3.8) is 0 Å². The van der Waals surface area contributed by atoms with Crippen molar-refractivity contribution in [2.45, 2.75) is 31.9 Å². The molecule has 0 spiro atoms. The number of pyridine rings is 1. The first-order chi connectivity index (χ1) is 11.0. The molecule has 0 aromatic carbocycles. The van der Waals surface area contributed by atoms with Crippen molar-refractivity contribution >= 4 is 22.8 Å². The molecule has 0 bridgehead atoms. The van der Waals surface area contributed by atoms with Gasteiger partial charge in [-0.15, -0.1) is 0 Å². The molecule has 0 radical (unpaired) electrons. The lowest BCUT2D eigenvalue weighted by Gasteiger charge is -2.34. The quantitative estimate of drug-likeness (QED) is 0.803. The maximum absolute atomic E-state index is 11.0. The lowest BCUT2D eigenvalue weighted by atomic mass is 10.1. The Morgan fingerprint density at radius 3 is 3.00 bits per heavy atom. The number of piperidine rings is 1. The van der Waals surface area contributed by atoms with E-state index in [9.17, 15) is 9.90 Å². The first-order valence-electron chi connectivity index (χ1n) is 7.84. The number of aliphatic hydroxyl groups excluding tert-OH is 1. The molecule has 1 amide bonds. The molecule has 1 saturated heterocycles. The van der Waals surface area contributed by atoms with Crippen LogP contribution in [0.3, 0.4) is 0 Å². The van der Waals surface area contributed by atoms with Gasteiger partial charge in [-0.1, -0.05) is 0 Å². The van der Waals surface area contributed by atoms with Crippen molar-refractivity contribution in [2.75, 3.05) is 18.0 Å². The highest BCUT2D eigenvalue weighted by atomic mass is 16.4. The first kappa shape index (κ1) is 15.6. The fourth-order valence-electron chi connectivity index (χ4n) is 3.19. The maximum Gasteiger partial charge on any atom is 0.405 e. The number of hydrogen-bond donors (Lipinski definition) is 3. The molecule has 3 rings (SSSR count). The summed E-state index contributed by atoms with van der Waals surface area (Å²) in [6.07, 6.45) is 2.22. The number of carboxylic acid groups (broad SMARTS) is 1. The highest BCUT2D eigenvalue weighted by Gasteiger charge is 2.24. The van der Waals surface area contributed by atoms with Crippen molar-refractivity contribution in [3.8, 4) is 0 Å². The highest BCUT2D eigenvalue weighted by molar-refractivity contribution is 5.81. The van der Waals surface area contributed by atoms with E-state index >= 15 is 0 Å². The highest BCUT2D eigenvalue weighted by Crippen LogP contribution is 2.31. The average Bonchev–Trinajstić information content (AvgIpc) is 2.86. The van der Waals surface area contributed by atoms with E-state index in [1.807, 2.05) is 29.9 Å². The summed E-state index contributed by atoms with van der Waals surface area (Å²) in [7, 11) is 1.96. The van der Waals surface area contributed by atoms with Crippen LogP contribution in [-0.2, 0) is 7.05 Å². The van der Waals surface area contributed by atoms with Gasteiger partial charge in [0.15, 0.2) is 0 Å². The van der Waals surface area contributed by atoms with Crippen molar-refractivity contribution < 1.29 is 15.0 Å². The Morgan fingerprint density at radius 2 is 2.30 bits per heavy atom. The van der Waals surface area contributed by atoms with Gasteiger partial charge in [0.1, 0.15) is 0 Å². The van der Waals surface area contributed by atoms with E-state index in [1.54, 1.807) is 6.92 Å². The van der Waals surface area contributed by atoms with E-state index in [0.29, 0.717) is 12.2 Å². The molecule has 7 nitrogen and oxygen atoms in total. The van der Waals surface area contributed by atoms with Gasteiger partial charge >= 0.3 is 6.09 Å². The average molecular weight is 318 g/mol. The molecule has 2 atom stereocenters. The van der Waals surface area contributed by atoms with Crippen LogP contribution in [0.25, 0.3) is 11.0 Å². The topological polar surface area (TPSA) is 90.6 Å². The Labute approximate surface area is 134 Å². The standard InChI is InChI=1S/C16H22N4O3/c1-10(17-16(22)23)15-14(20-6-3-4-11(21)9-20)8-13-12(18-15)5-7-19(13)2/h5,7-8,10-11,17,21H,3-4,6,9H2,1-2H3,(H,22,23)/t10-,11?/m0/s1. The van der Waals surface area contributed by atoms with Crippen LogP contribution in [0.1, 0.15) is 31.5 Å². The Kier molecular flexibility index (Phi) is 4.12. The second kappa shape index (κ2) is 6.08. The van der Waals surface area contributed by atoms with Crippen LogP contribution in [-0.4, -0.2) is 45.1 Å². The maximum atomic E-state index is 11.0. The third kappa shape index (κ3) is 3.10. The van der Waals surface area contributed by atoms with Gasteiger partial charge in [-0.3, -0.25) is 0 Å². The summed E-state index contributed by atoms with van der Waals surface area (Å²) in [6.45, 7) is 3.17. The molecule has 23 heavy (non-hydrogen) atoms. The molecule has 1 aliphatic heterocycles. The van der Waals surface area contributed by atoms with Crippen molar-refractivity contribution in [1.29, 1.82) is 0 Å². The molecule has 2 aromatic rings. The number of nitrogens with one attached hydrogen (secondary N) is 1. The van der Waals surface area contributed by atoms with Crippen LogP contribution in [0, 0.1) is 0 Å². The molecule has 0 aliphatic carbocycles. The molecular formula is C16H22N4O3. The van der Waals surface area contributed by atoms with Crippen molar-refractivity contribution in [2.24, 2.45) is 7.05 Å². The Morgan fingerprint density at radius 1 is 1.52 bits per heavy atom. The van der Waals surface area contributed by atoms with Crippen molar-refractivity contribution in [1.82, 2.24) is 14.9 Å². The minimum Gasteiger partial charge on any atom is -0.465 e. The number of aryl methyl sites for hydroxylation is 1. The number of amides is 1. The fraction of sp³-hybridized carbons (Fsp3) is 0.500. The van der Waals surface area contributed by atoms with E-state index in [1.165, 1.54) is 0 Å². The summed E-state index contributed by atoms with van der Waals surface area (Å²) in [4.78, 5) is 17.8. The monoisotopic (exact) mass is 318 g/mol. The van der Waals surface area contributed by atoms with Gasteiger partial charge in [0.2, 0.25) is 0 Å². The van der Waals surface area contributed by atoms with Crippen LogP contribution in [0.5, 0.6) is 0 Å². The summed E-state index contributed by atoms with van der Waals surface area (Å²) in [5.74, 6) is 0. The van der Waals surface area contributed by atoms with Crippen LogP contribution >= 0.6 is 0 Å². The number of carbonyl (C=O) groups is 1. The molecule has 0 saturated carbocycles. The smallest absolute Gasteiger partial charge is 0.405 e. The molecule has 3 heterocycles. The zero-order chi connectivity index (χ0) is 16.6. The summed E-state index contributed by atoms with van der Waals surface area (Å²) in [6, 6.07) is 3.53. The summed E-state index contributed by atoms with van der Waals surface area (Å²) in [5.41, 5.74) is 3.41. The Balaban J connectivity index is 2.07. The van der Waals surface area contributed by atoms with Crippen LogP contribution in [0.15, 0.2) is 18.3 Å². The third-order valence-corrected chi connectivity index (χ3v) is 4.36. The summed E-state index contributed by atoms with van der Waals surface area (Å²) < 4.78 is 1.99. The third-order valence-electron chi connectivity index (χ3n) is 4.36. The Bertz CT molecular complexity index is 727. The number of β-amino-alcohol motifs (C(OH)–C–C–N with tert-alkyl or cyclic N) is 1. The van der Waals surface area contributed by atoms with Gasteiger partial charge in [-0.2, -0.15) is 0 Å². The minimum atomic E-state index is -1.07. The predicted octanol–water partition coefficient (Wildman–Crippen LogP) is 1.86. The second-order valence-corrected chi connectivity index (χ2v) is 6.14. The molecular weight excluding hydrogens is 296 g/mol. The van der Waals surface area contributed by atoms with E-state index in [0.717, 1.165) is 36.1 Å². The van der Waals surface area contributed by atoms with Gasteiger partial charge < -0.3 is 25.0 Å². The van der Waals surface area contributed by atoms with Crippen LogP contribution in [0.4, 0.5) is 10.5 Å². The predicted molar refractivity (Wildman–Crippen MR) is 87.7 cm³/mol. The van der Waals surface area contributed by atoms with Crippen LogP contribution < -0.4 is 10.2 Å². The van der Waals surface area contributed by atoms with Crippen molar-refractivity contribution in [3.05, 3.63) is 24.0 Å². The van der Waals surface area contributed by atoms with Gasteiger partial charge in [-0.25, -0.2) is 9.78 Å². The summed E-state index contributed by atoms with van der Waals surface area (Å²) >= 11 is 0. The lowest BCUT2D eigenvalue weighted by molar-refractivity contribution is 0.154. The number of nitrogens with zero attached hydrogens (tertiary/aromatic N) is 3. The molecule has 2 aromatic heterocycles. The number of fused-ring (bicyclic) bond motifs is 1. The fourth-order valence-corrected chi connectivity index (χ4v) is 3.19. The van der Waals surface area contributed by atoms with Crippen LogP contribution in [0.2, 0.25) is 0 Å². The molecule has 1 unspecified atom stereocenters. The van der Waals surface area contributed by atoms with E-state index in [2.05, 4.69) is 15.2 Å².